The molecule has 1 aliphatic rings. The molecule has 61 valence electrons. The Bertz CT molecular complexity index is 502. The lowest BCUT2D eigenvalue weighted by molar-refractivity contribution is 0.992. The molecule has 0 bridgehead atoms. The molecule has 0 amide bonds. The van der Waals surface area contributed by atoms with Crippen LogP contribution in [0.3, 0.4) is 0 Å². The first-order valence-corrected chi connectivity index (χ1v) is 4.06. The van der Waals surface area contributed by atoms with Crippen LogP contribution in [-0.2, 0) is 0 Å². The van der Waals surface area contributed by atoms with Gasteiger partial charge in [0.15, 0.2) is 0 Å². The van der Waals surface area contributed by atoms with Crippen molar-refractivity contribution in [2.24, 2.45) is 5.10 Å². The number of nitrogens with zero attached hydrogens (tertiary/aromatic N) is 3. The summed E-state index contributed by atoms with van der Waals surface area (Å²) in [5.41, 5.74) is 6.93. The Labute approximate surface area is 75.1 Å². The summed E-state index contributed by atoms with van der Waals surface area (Å²) in [4.78, 5) is 4.24. The van der Waals surface area contributed by atoms with E-state index in [1.54, 1.807) is 12.4 Å². The third kappa shape index (κ3) is 0.902. The lowest BCUT2D eigenvalue weighted by Gasteiger charge is -1.98. The van der Waals surface area contributed by atoms with Gasteiger partial charge in [-0.15, -0.1) is 0 Å². The Kier molecular flexibility index (Phi) is 1.16. The van der Waals surface area contributed by atoms with Gasteiger partial charge in [0.1, 0.15) is 0 Å². The highest BCUT2D eigenvalue weighted by molar-refractivity contribution is 5.96. The zero-order chi connectivity index (χ0) is 8.67. The summed E-state index contributed by atoms with van der Waals surface area (Å²) in [7, 11) is 0. The highest BCUT2D eigenvalue weighted by Crippen LogP contribution is 2.24. The topological polar surface area (TPSA) is 39.4 Å². The molecule has 3 heteroatoms. The summed E-state index contributed by atoms with van der Waals surface area (Å²) in [6, 6.07) is 7.97. The van der Waals surface area contributed by atoms with Crippen molar-refractivity contribution in [1.82, 2.24) is 10.4 Å². The minimum atomic E-state index is 0.909. The molecule has 13 heavy (non-hydrogen) atoms. The molecule has 0 saturated carbocycles. The van der Waals surface area contributed by atoms with Crippen LogP contribution in [0.15, 0.2) is 35.6 Å². The molecular weight excluding hydrogens is 162 g/mol. The van der Waals surface area contributed by atoms with Crippen LogP contribution in [0.4, 0.5) is 5.69 Å². The molecule has 1 radical (unpaired) electrons. The van der Waals surface area contributed by atoms with Gasteiger partial charge in [-0.3, -0.25) is 4.98 Å². The van der Waals surface area contributed by atoms with E-state index in [2.05, 4.69) is 21.6 Å². The van der Waals surface area contributed by atoms with Gasteiger partial charge in [0.2, 0.25) is 0 Å². The van der Waals surface area contributed by atoms with Crippen molar-refractivity contribution in [3.05, 3.63) is 36.0 Å². The van der Waals surface area contributed by atoms with E-state index >= 15 is 0 Å². The van der Waals surface area contributed by atoms with Crippen molar-refractivity contribution in [3.63, 3.8) is 0 Å². The van der Waals surface area contributed by atoms with Crippen molar-refractivity contribution in [1.29, 1.82) is 0 Å². The molecule has 0 spiro atoms. The molecule has 0 aliphatic carbocycles. The maximum atomic E-state index is 4.24. The van der Waals surface area contributed by atoms with Gasteiger partial charge in [-0.05, 0) is 18.2 Å². The van der Waals surface area contributed by atoms with Gasteiger partial charge < -0.3 is 0 Å². The average Bonchev–Trinajstić information content (AvgIpc) is 2.61. The van der Waals surface area contributed by atoms with E-state index in [0.717, 1.165) is 22.2 Å². The minimum absolute atomic E-state index is 0.909. The lowest BCUT2D eigenvalue weighted by atomic mass is 10.1. The van der Waals surface area contributed by atoms with Gasteiger partial charge in [0.05, 0.1) is 17.4 Å². The van der Waals surface area contributed by atoms with Crippen molar-refractivity contribution in [3.8, 4) is 0 Å². The normalized spacial score (nSPS) is 12.9. The van der Waals surface area contributed by atoms with E-state index in [4.69, 9.17) is 0 Å². The lowest BCUT2D eigenvalue weighted by Crippen LogP contribution is -1.84. The fraction of sp³-hybridized carbons (Fsp3) is 0. The standard InChI is InChI=1S/C10H6N3/c1-2-7-4-8-6-12-13-10(8)5-9(7)11-3-1/h1-6H. The van der Waals surface area contributed by atoms with Crippen LogP contribution in [0, 0.1) is 0 Å². The van der Waals surface area contributed by atoms with Crippen molar-refractivity contribution in [2.45, 2.75) is 0 Å². The van der Waals surface area contributed by atoms with E-state index in [9.17, 15) is 0 Å². The summed E-state index contributed by atoms with van der Waals surface area (Å²) in [5, 5.41) is 4.98. The molecule has 0 saturated heterocycles. The Morgan fingerprint density at radius 2 is 2.15 bits per heavy atom. The highest BCUT2D eigenvalue weighted by Gasteiger charge is 2.08. The predicted octanol–water partition coefficient (Wildman–Crippen LogP) is 1.82. The van der Waals surface area contributed by atoms with Crippen molar-refractivity contribution < 1.29 is 0 Å². The first-order valence-electron chi connectivity index (χ1n) is 4.06. The molecule has 2 heterocycles. The molecule has 0 fully saturated rings. The molecule has 3 rings (SSSR count). The second-order valence-corrected chi connectivity index (χ2v) is 2.95. The van der Waals surface area contributed by atoms with E-state index < -0.39 is 0 Å². The number of hydrogen-bond donors (Lipinski definition) is 0. The maximum Gasteiger partial charge on any atom is 0.0967 e. The van der Waals surface area contributed by atoms with Crippen molar-refractivity contribution in [2.75, 3.05) is 0 Å². The van der Waals surface area contributed by atoms with Crippen LogP contribution in [0.1, 0.15) is 5.56 Å². The zero-order valence-electron chi connectivity index (χ0n) is 6.81. The van der Waals surface area contributed by atoms with Crippen LogP contribution in [0.2, 0.25) is 0 Å². The number of hydrogen-bond acceptors (Lipinski definition) is 2. The second-order valence-electron chi connectivity index (χ2n) is 2.95. The first-order chi connectivity index (χ1) is 6.43. The molecule has 1 aromatic carbocycles. The average molecular weight is 168 g/mol. The molecule has 0 N–H and O–H groups in total. The molecule has 1 aromatic heterocycles. The number of rotatable bonds is 0. The van der Waals surface area contributed by atoms with Crippen LogP contribution in [0.25, 0.3) is 10.9 Å². The number of fused-ring (bicyclic) bond motifs is 2. The van der Waals surface area contributed by atoms with E-state index in [0.29, 0.717) is 0 Å². The number of benzene rings is 1. The monoisotopic (exact) mass is 168 g/mol. The molecule has 3 nitrogen and oxygen atoms in total. The fourth-order valence-corrected chi connectivity index (χ4v) is 1.47. The fourth-order valence-electron chi connectivity index (χ4n) is 1.47. The summed E-state index contributed by atoms with van der Waals surface area (Å²) in [6.07, 6.45) is 3.55. The van der Waals surface area contributed by atoms with Crippen LogP contribution in [-0.4, -0.2) is 11.2 Å². The Morgan fingerprint density at radius 1 is 1.15 bits per heavy atom. The molecule has 0 atom stereocenters. The summed E-state index contributed by atoms with van der Waals surface area (Å²) >= 11 is 0. The van der Waals surface area contributed by atoms with E-state index in [1.165, 1.54) is 0 Å². The van der Waals surface area contributed by atoms with E-state index in [1.807, 2.05) is 18.2 Å². The maximum absolute atomic E-state index is 4.24. The van der Waals surface area contributed by atoms with Gasteiger partial charge >= 0.3 is 0 Å². The van der Waals surface area contributed by atoms with Gasteiger partial charge in [-0.1, -0.05) is 6.07 Å². The Morgan fingerprint density at radius 3 is 3.15 bits per heavy atom. The largest absolute Gasteiger partial charge is 0.256 e. The second kappa shape index (κ2) is 2.29. The van der Waals surface area contributed by atoms with Gasteiger partial charge in [0, 0.05) is 17.1 Å². The molecule has 2 aromatic rings. The van der Waals surface area contributed by atoms with Crippen LogP contribution >= 0.6 is 0 Å². The molecule has 0 unspecified atom stereocenters. The van der Waals surface area contributed by atoms with E-state index in [-0.39, 0.29) is 0 Å². The zero-order valence-corrected chi connectivity index (χ0v) is 6.81. The third-order valence-electron chi connectivity index (χ3n) is 2.11. The Hall–Kier alpha value is -1.90. The quantitative estimate of drug-likeness (QED) is 0.591. The van der Waals surface area contributed by atoms with Crippen molar-refractivity contribution >= 4 is 22.8 Å². The molecule has 1 aliphatic heterocycles. The Balaban J connectivity index is 2.40. The van der Waals surface area contributed by atoms with Gasteiger partial charge in [-0.25, -0.2) is 0 Å². The number of pyridine rings is 1. The smallest absolute Gasteiger partial charge is 0.0967 e. The SMILES string of the molecule is C1=N[N]c2cc3ncccc3cc21. The minimum Gasteiger partial charge on any atom is -0.256 e. The predicted molar refractivity (Wildman–Crippen MR) is 51.1 cm³/mol. The van der Waals surface area contributed by atoms with Crippen LogP contribution < -0.4 is 5.43 Å². The summed E-state index contributed by atoms with van der Waals surface area (Å²) < 4.78 is 0. The third-order valence-corrected chi connectivity index (χ3v) is 2.11. The van der Waals surface area contributed by atoms with Gasteiger partial charge in [-0.2, -0.15) is 10.5 Å². The molecular formula is C10H6N3. The summed E-state index contributed by atoms with van der Waals surface area (Å²) in [6.45, 7) is 0. The van der Waals surface area contributed by atoms with Gasteiger partial charge in [0.25, 0.3) is 0 Å². The van der Waals surface area contributed by atoms with Crippen LogP contribution in [0.5, 0.6) is 0 Å². The number of aromatic nitrogens is 1. The highest BCUT2D eigenvalue weighted by atomic mass is 15.3. The first kappa shape index (κ1) is 6.60. The summed E-state index contributed by atoms with van der Waals surface area (Å²) in [5.74, 6) is 0.